The third kappa shape index (κ3) is 2.34. The first kappa shape index (κ1) is 12.9. The standard InChI is InChI=1S/C14H17NO2S/c1-5-14-15-11(8-18-14)10-7-13(17-4)12(16-3)6-9(10)2/h6-8H,5H2,1-4H3. The van der Waals surface area contributed by atoms with Crippen LogP contribution in [0.15, 0.2) is 17.5 Å². The number of hydrogen-bond donors (Lipinski definition) is 0. The van der Waals surface area contributed by atoms with E-state index in [1.165, 1.54) is 0 Å². The van der Waals surface area contributed by atoms with Crippen LogP contribution in [0.3, 0.4) is 0 Å². The number of nitrogens with zero attached hydrogens (tertiary/aromatic N) is 1. The molecule has 0 aliphatic rings. The van der Waals surface area contributed by atoms with Gasteiger partial charge in [-0.25, -0.2) is 4.98 Å². The van der Waals surface area contributed by atoms with Crippen molar-refractivity contribution in [2.45, 2.75) is 20.3 Å². The summed E-state index contributed by atoms with van der Waals surface area (Å²) < 4.78 is 10.6. The van der Waals surface area contributed by atoms with E-state index < -0.39 is 0 Å². The second-order valence-electron chi connectivity index (χ2n) is 4.00. The van der Waals surface area contributed by atoms with Gasteiger partial charge in [0, 0.05) is 10.9 Å². The zero-order chi connectivity index (χ0) is 13.1. The van der Waals surface area contributed by atoms with E-state index in [0.717, 1.165) is 39.7 Å². The third-order valence-electron chi connectivity index (χ3n) is 2.86. The summed E-state index contributed by atoms with van der Waals surface area (Å²) in [5, 5.41) is 3.24. The largest absolute Gasteiger partial charge is 0.493 e. The van der Waals surface area contributed by atoms with Crippen LogP contribution in [0.2, 0.25) is 0 Å². The molecule has 4 heteroatoms. The molecule has 0 saturated carbocycles. The van der Waals surface area contributed by atoms with E-state index in [1.807, 2.05) is 12.1 Å². The Labute approximate surface area is 111 Å². The predicted octanol–water partition coefficient (Wildman–Crippen LogP) is 3.70. The highest BCUT2D eigenvalue weighted by molar-refractivity contribution is 7.09. The predicted molar refractivity (Wildman–Crippen MR) is 74.8 cm³/mol. The fraction of sp³-hybridized carbons (Fsp3) is 0.357. The summed E-state index contributed by atoms with van der Waals surface area (Å²) in [7, 11) is 3.30. The zero-order valence-corrected chi connectivity index (χ0v) is 11.9. The van der Waals surface area contributed by atoms with Crippen LogP contribution in [-0.4, -0.2) is 19.2 Å². The smallest absolute Gasteiger partial charge is 0.161 e. The lowest BCUT2D eigenvalue weighted by atomic mass is 10.1. The molecule has 0 fully saturated rings. The first-order valence-corrected chi connectivity index (χ1v) is 6.75. The van der Waals surface area contributed by atoms with Crippen LogP contribution in [0, 0.1) is 6.92 Å². The van der Waals surface area contributed by atoms with Gasteiger partial charge < -0.3 is 9.47 Å². The van der Waals surface area contributed by atoms with Crippen molar-refractivity contribution in [2.75, 3.05) is 14.2 Å². The Bertz CT molecular complexity index is 549. The molecule has 1 heterocycles. The van der Waals surface area contributed by atoms with Crippen LogP contribution in [0.25, 0.3) is 11.3 Å². The van der Waals surface area contributed by atoms with E-state index in [9.17, 15) is 0 Å². The Kier molecular flexibility index (Phi) is 3.87. The molecule has 96 valence electrons. The molecule has 0 unspecified atom stereocenters. The molecule has 0 N–H and O–H groups in total. The molecule has 1 aromatic carbocycles. The van der Waals surface area contributed by atoms with Gasteiger partial charge in [-0.3, -0.25) is 0 Å². The van der Waals surface area contributed by atoms with Gasteiger partial charge in [0.15, 0.2) is 11.5 Å². The number of aromatic nitrogens is 1. The molecule has 0 radical (unpaired) electrons. The van der Waals surface area contributed by atoms with Crippen molar-refractivity contribution >= 4 is 11.3 Å². The summed E-state index contributed by atoms with van der Waals surface area (Å²) in [5.74, 6) is 1.49. The number of methoxy groups -OCH3 is 2. The first-order valence-electron chi connectivity index (χ1n) is 5.87. The molecule has 2 rings (SSSR count). The van der Waals surface area contributed by atoms with Crippen molar-refractivity contribution in [2.24, 2.45) is 0 Å². The average Bonchev–Trinajstić information content (AvgIpc) is 2.86. The summed E-state index contributed by atoms with van der Waals surface area (Å²) in [6.45, 7) is 4.17. The van der Waals surface area contributed by atoms with E-state index in [-0.39, 0.29) is 0 Å². The minimum Gasteiger partial charge on any atom is -0.493 e. The quantitative estimate of drug-likeness (QED) is 0.843. The summed E-state index contributed by atoms with van der Waals surface area (Å²) in [4.78, 5) is 4.61. The Morgan fingerprint density at radius 1 is 1.17 bits per heavy atom. The van der Waals surface area contributed by atoms with Crippen LogP contribution in [-0.2, 0) is 6.42 Å². The van der Waals surface area contributed by atoms with Crippen LogP contribution >= 0.6 is 11.3 Å². The van der Waals surface area contributed by atoms with Gasteiger partial charge in [-0.1, -0.05) is 6.92 Å². The highest BCUT2D eigenvalue weighted by Crippen LogP contribution is 2.35. The minimum absolute atomic E-state index is 0.740. The van der Waals surface area contributed by atoms with Crippen LogP contribution in [0.5, 0.6) is 11.5 Å². The molecular weight excluding hydrogens is 246 g/mol. The Morgan fingerprint density at radius 2 is 1.83 bits per heavy atom. The molecular formula is C14H17NO2S. The van der Waals surface area contributed by atoms with Crippen molar-refractivity contribution < 1.29 is 9.47 Å². The monoisotopic (exact) mass is 263 g/mol. The molecule has 18 heavy (non-hydrogen) atoms. The topological polar surface area (TPSA) is 31.4 Å². The molecule has 1 aromatic heterocycles. The van der Waals surface area contributed by atoms with Gasteiger partial charge in [0.1, 0.15) is 0 Å². The van der Waals surface area contributed by atoms with E-state index in [0.29, 0.717) is 0 Å². The summed E-state index contributed by atoms with van der Waals surface area (Å²) >= 11 is 1.69. The molecule has 0 spiro atoms. The van der Waals surface area contributed by atoms with Crippen molar-refractivity contribution in [3.05, 3.63) is 28.1 Å². The maximum atomic E-state index is 5.34. The second-order valence-corrected chi connectivity index (χ2v) is 4.94. The third-order valence-corrected chi connectivity index (χ3v) is 3.85. The van der Waals surface area contributed by atoms with E-state index in [2.05, 4.69) is 24.2 Å². The Hall–Kier alpha value is -1.55. The van der Waals surface area contributed by atoms with Gasteiger partial charge in [-0.15, -0.1) is 11.3 Å². The number of thiazole rings is 1. The maximum Gasteiger partial charge on any atom is 0.161 e. The lowest BCUT2D eigenvalue weighted by Crippen LogP contribution is -1.93. The molecule has 0 amide bonds. The summed E-state index contributed by atoms with van der Waals surface area (Å²) in [6, 6.07) is 3.97. The minimum atomic E-state index is 0.740. The van der Waals surface area contributed by atoms with Crippen molar-refractivity contribution in [3.63, 3.8) is 0 Å². The molecule has 0 saturated heterocycles. The number of aryl methyl sites for hydroxylation is 2. The number of benzene rings is 1. The van der Waals surface area contributed by atoms with E-state index >= 15 is 0 Å². The maximum absolute atomic E-state index is 5.34. The van der Waals surface area contributed by atoms with Crippen LogP contribution in [0.1, 0.15) is 17.5 Å². The SMILES string of the molecule is CCc1nc(-c2cc(OC)c(OC)cc2C)cs1. The Morgan fingerprint density at radius 3 is 2.39 bits per heavy atom. The summed E-state index contributed by atoms with van der Waals surface area (Å²) in [6.07, 6.45) is 0.969. The Balaban J connectivity index is 2.50. The number of ether oxygens (including phenoxy) is 2. The first-order chi connectivity index (χ1) is 8.69. The highest BCUT2D eigenvalue weighted by atomic mass is 32.1. The lowest BCUT2D eigenvalue weighted by Gasteiger charge is -2.11. The van der Waals surface area contributed by atoms with Crippen molar-refractivity contribution in [1.82, 2.24) is 4.98 Å². The van der Waals surface area contributed by atoms with Gasteiger partial charge in [0.2, 0.25) is 0 Å². The van der Waals surface area contributed by atoms with Crippen molar-refractivity contribution in [3.8, 4) is 22.8 Å². The number of hydrogen-bond acceptors (Lipinski definition) is 4. The molecule has 0 atom stereocenters. The highest BCUT2D eigenvalue weighted by Gasteiger charge is 2.12. The van der Waals surface area contributed by atoms with Gasteiger partial charge >= 0.3 is 0 Å². The normalized spacial score (nSPS) is 10.4. The van der Waals surface area contributed by atoms with Gasteiger partial charge in [0.25, 0.3) is 0 Å². The number of rotatable bonds is 4. The van der Waals surface area contributed by atoms with Crippen LogP contribution in [0.4, 0.5) is 0 Å². The van der Waals surface area contributed by atoms with E-state index in [4.69, 9.17) is 9.47 Å². The summed E-state index contributed by atoms with van der Waals surface area (Å²) in [5.41, 5.74) is 3.25. The van der Waals surface area contributed by atoms with Crippen LogP contribution < -0.4 is 9.47 Å². The molecule has 0 bridgehead atoms. The average molecular weight is 263 g/mol. The lowest BCUT2D eigenvalue weighted by molar-refractivity contribution is 0.355. The second kappa shape index (κ2) is 5.40. The van der Waals surface area contributed by atoms with Gasteiger partial charge in [0.05, 0.1) is 24.9 Å². The fourth-order valence-corrected chi connectivity index (χ4v) is 2.60. The van der Waals surface area contributed by atoms with Gasteiger partial charge in [-0.05, 0) is 31.0 Å². The molecule has 0 aliphatic heterocycles. The zero-order valence-electron chi connectivity index (χ0n) is 11.1. The molecule has 3 nitrogen and oxygen atoms in total. The van der Waals surface area contributed by atoms with Gasteiger partial charge in [-0.2, -0.15) is 0 Å². The molecule has 2 aromatic rings. The van der Waals surface area contributed by atoms with Crippen molar-refractivity contribution in [1.29, 1.82) is 0 Å². The van der Waals surface area contributed by atoms with E-state index in [1.54, 1.807) is 25.6 Å². The molecule has 0 aliphatic carbocycles. The fourth-order valence-electron chi connectivity index (χ4n) is 1.85.